The van der Waals surface area contributed by atoms with Gasteiger partial charge in [0.15, 0.2) is 6.20 Å². The van der Waals surface area contributed by atoms with E-state index in [9.17, 15) is 0 Å². The Morgan fingerprint density at radius 3 is 2.46 bits per heavy atom. The van der Waals surface area contributed by atoms with E-state index in [4.69, 9.17) is 4.42 Å². The third-order valence-electron chi connectivity index (χ3n) is 4.82. The molecule has 2 aromatic heterocycles. The molecule has 0 spiro atoms. The fourth-order valence-electron chi connectivity index (χ4n) is 3.41. The summed E-state index contributed by atoms with van der Waals surface area (Å²) in [5.74, 6) is 0.532. The summed E-state index contributed by atoms with van der Waals surface area (Å²) >= 11 is 0. The van der Waals surface area contributed by atoms with Crippen LogP contribution in [-0.4, -0.2) is 0 Å². The largest absolute Gasteiger partial charge is 0.456 e. The van der Waals surface area contributed by atoms with E-state index < -0.39 is 0 Å². The van der Waals surface area contributed by atoms with Gasteiger partial charge in [-0.15, -0.1) is 0 Å². The fourth-order valence-corrected chi connectivity index (χ4v) is 3.41. The van der Waals surface area contributed by atoms with Crippen molar-refractivity contribution in [3.8, 4) is 11.3 Å². The molecule has 0 aliphatic carbocycles. The summed E-state index contributed by atoms with van der Waals surface area (Å²) in [6, 6.07) is 17.1. The van der Waals surface area contributed by atoms with Crippen LogP contribution in [0.4, 0.5) is 0 Å². The van der Waals surface area contributed by atoms with Gasteiger partial charge in [0.25, 0.3) is 0 Å². The van der Waals surface area contributed by atoms with Crippen molar-refractivity contribution in [3.63, 3.8) is 0 Å². The van der Waals surface area contributed by atoms with Crippen molar-refractivity contribution in [2.24, 2.45) is 7.05 Å². The number of nitrogens with zero attached hydrogens (tertiary/aromatic N) is 1. The van der Waals surface area contributed by atoms with Gasteiger partial charge in [-0.2, -0.15) is 0 Å². The van der Waals surface area contributed by atoms with Gasteiger partial charge in [-0.3, -0.25) is 0 Å². The van der Waals surface area contributed by atoms with Gasteiger partial charge in [-0.05, 0) is 42.7 Å². The number of fused-ring (bicyclic) bond motifs is 3. The Labute approximate surface area is 142 Å². The van der Waals surface area contributed by atoms with Gasteiger partial charge < -0.3 is 4.42 Å². The maximum Gasteiger partial charge on any atom is 0.212 e. The van der Waals surface area contributed by atoms with E-state index >= 15 is 0 Å². The van der Waals surface area contributed by atoms with Gasteiger partial charge in [0.05, 0.1) is 5.56 Å². The quantitative estimate of drug-likeness (QED) is 0.446. The molecule has 0 aliphatic rings. The molecule has 0 saturated carbocycles. The number of hydrogen-bond acceptors (Lipinski definition) is 1. The molecule has 0 saturated heterocycles. The lowest BCUT2D eigenvalue weighted by Crippen LogP contribution is -2.31. The predicted molar refractivity (Wildman–Crippen MR) is 99.2 cm³/mol. The average molecular weight is 316 g/mol. The van der Waals surface area contributed by atoms with Crippen molar-refractivity contribution in [1.29, 1.82) is 0 Å². The number of aryl methyl sites for hydroxylation is 2. The van der Waals surface area contributed by atoms with E-state index in [1.807, 2.05) is 12.1 Å². The first-order valence-corrected chi connectivity index (χ1v) is 8.46. The van der Waals surface area contributed by atoms with Gasteiger partial charge in [-0.25, -0.2) is 4.57 Å². The molecule has 2 nitrogen and oxygen atoms in total. The Hall–Kier alpha value is -2.61. The zero-order valence-corrected chi connectivity index (χ0v) is 14.6. The van der Waals surface area contributed by atoms with E-state index in [0.29, 0.717) is 5.92 Å². The summed E-state index contributed by atoms with van der Waals surface area (Å²) < 4.78 is 8.28. The van der Waals surface area contributed by atoms with E-state index in [1.165, 1.54) is 33.2 Å². The number of furan rings is 1. The molecule has 24 heavy (non-hydrogen) atoms. The molecule has 2 heterocycles. The molecular weight excluding hydrogens is 294 g/mol. The third kappa shape index (κ3) is 2.30. The highest BCUT2D eigenvalue weighted by Gasteiger charge is 2.17. The lowest BCUT2D eigenvalue weighted by atomic mass is 9.99. The highest BCUT2D eigenvalue weighted by atomic mass is 16.3. The van der Waals surface area contributed by atoms with E-state index in [0.717, 1.165) is 11.2 Å². The van der Waals surface area contributed by atoms with Crippen LogP contribution in [-0.2, 0) is 7.05 Å². The van der Waals surface area contributed by atoms with Gasteiger partial charge in [-0.1, -0.05) is 32.0 Å². The third-order valence-corrected chi connectivity index (χ3v) is 4.82. The topological polar surface area (TPSA) is 17.0 Å². The van der Waals surface area contributed by atoms with Crippen LogP contribution >= 0.6 is 0 Å². The van der Waals surface area contributed by atoms with Crippen LogP contribution in [0.5, 0.6) is 0 Å². The van der Waals surface area contributed by atoms with Crippen molar-refractivity contribution < 1.29 is 8.98 Å². The number of rotatable bonds is 2. The second-order valence-corrected chi connectivity index (χ2v) is 6.87. The Bertz CT molecular complexity index is 1060. The Morgan fingerprint density at radius 2 is 1.71 bits per heavy atom. The van der Waals surface area contributed by atoms with E-state index in [2.05, 4.69) is 75.0 Å². The van der Waals surface area contributed by atoms with Crippen LogP contribution in [0.2, 0.25) is 0 Å². The molecule has 0 fully saturated rings. The molecule has 0 amide bonds. The average Bonchev–Trinajstić information content (AvgIpc) is 2.92. The zero-order chi connectivity index (χ0) is 16.8. The first kappa shape index (κ1) is 14.9. The molecular formula is C22H22NO+. The van der Waals surface area contributed by atoms with Crippen LogP contribution in [0, 0.1) is 6.92 Å². The molecule has 4 aromatic rings. The highest BCUT2D eigenvalue weighted by Crippen LogP contribution is 2.33. The predicted octanol–water partition coefficient (Wildman–Crippen LogP) is 5.51. The summed E-state index contributed by atoms with van der Waals surface area (Å²) in [5, 5.41) is 2.37. The summed E-state index contributed by atoms with van der Waals surface area (Å²) in [6.07, 6.45) is 2.22. The van der Waals surface area contributed by atoms with Crippen molar-refractivity contribution in [2.75, 3.05) is 0 Å². The Morgan fingerprint density at radius 1 is 0.917 bits per heavy atom. The molecule has 0 unspecified atom stereocenters. The zero-order valence-electron chi connectivity index (χ0n) is 14.6. The minimum absolute atomic E-state index is 0.532. The maximum absolute atomic E-state index is 6.06. The summed E-state index contributed by atoms with van der Waals surface area (Å²) in [6.45, 7) is 6.62. The normalized spacial score (nSPS) is 11.7. The first-order valence-electron chi connectivity index (χ1n) is 8.46. The summed E-state index contributed by atoms with van der Waals surface area (Å²) in [4.78, 5) is 0. The summed E-state index contributed by atoms with van der Waals surface area (Å²) in [5.41, 5.74) is 6.94. The van der Waals surface area contributed by atoms with Gasteiger partial charge in [0, 0.05) is 22.4 Å². The number of hydrogen-bond donors (Lipinski definition) is 0. The van der Waals surface area contributed by atoms with Crippen molar-refractivity contribution in [1.82, 2.24) is 0 Å². The molecule has 2 aromatic carbocycles. The number of benzene rings is 2. The second kappa shape index (κ2) is 5.48. The van der Waals surface area contributed by atoms with Crippen LogP contribution < -0.4 is 4.57 Å². The van der Waals surface area contributed by atoms with Gasteiger partial charge >= 0.3 is 0 Å². The smallest absolute Gasteiger partial charge is 0.212 e. The van der Waals surface area contributed by atoms with Crippen LogP contribution in [0.1, 0.15) is 30.9 Å². The Balaban J connectivity index is 1.94. The van der Waals surface area contributed by atoms with Crippen molar-refractivity contribution in [3.05, 3.63) is 65.9 Å². The lowest BCUT2D eigenvalue weighted by molar-refractivity contribution is -0.660. The van der Waals surface area contributed by atoms with Crippen LogP contribution in [0.3, 0.4) is 0 Å². The summed E-state index contributed by atoms with van der Waals surface area (Å²) in [7, 11) is 2.11. The molecule has 0 bridgehead atoms. The van der Waals surface area contributed by atoms with Gasteiger partial charge in [0.2, 0.25) is 5.69 Å². The molecule has 120 valence electrons. The SMILES string of the molecule is Cc1cc2c(cc1-c1ccc(C(C)C)c[n+]1C)oc1ccccc12. The molecule has 4 rings (SSSR count). The molecule has 0 radical (unpaired) electrons. The second-order valence-electron chi connectivity index (χ2n) is 6.87. The number of aromatic nitrogens is 1. The van der Waals surface area contributed by atoms with Crippen LogP contribution in [0.15, 0.2) is 59.1 Å². The molecule has 2 heteroatoms. The maximum atomic E-state index is 6.06. The molecule has 0 atom stereocenters. The Kier molecular flexibility index (Phi) is 3.42. The van der Waals surface area contributed by atoms with E-state index in [1.54, 1.807) is 0 Å². The highest BCUT2D eigenvalue weighted by molar-refractivity contribution is 6.06. The number of para-hydroxylation sites is 1. The van der Waals surface area contributed by atoms with Crippen molar-refractivity contribution in [2.45, 2.75) is 26.7 Å². The minimum atomic E-state index is 0.532. The standard InChI is InChI=1S/C22H22NO/c1-14(2)16-9-10-20(23(4)13-16)18-12-22-19(11-15(18)3)17-7-5-6-8-21(17)24-22/h5-14H,1-4H3/q+1. The van der Waals surface area contributed by atoms with Gasteiger partial charge in [0.1, 0.15) is 18.2 Å². The molecule has 0 N–H and O–H groups in total. The van der Waals surface area contributed by atoms with Crippen molar-refractivity contribution >= 4 is 21.9 Å². The fraction of sp³-hybridized carbons (Fsp3) is 0.227. The molecule has 0 aliphatic heterocycles. The van der Waals surface area contributed by atoms with Crippen LogP contribution in [0.25, 0.3) is 33.2 Å². The lowest BCUT2D eigenvalue weighted by Gasteiger charge is -2.08. The minimum Gasteiger partial charge on any atom is -0.456 e. The van der Waals surface area contributed by atoms with E-state index in [-0.39, 0.29) is 0 Å². The monoisotopic (exact) mass is 316 g/mol. The number of pyridine rings is 1. The first-order chi connectivity index (χ1) is 11.5.